The number of piperidine rings is 3. The zero-order valence-corrected chi connectivity index (χ0v) is 60.4. The van der Waals surface area contributed by atoms with Gasteiger partial charge in [-0.2, -0.15) is 33.8 Å². The molecule has 3 aromatic carbocycles. The van der Waals surface area contributed by atoms with Crippen molar-refractivity contribution in [2.75, 3.05) is 39.3 Å². The number of halogens is 1. The Morgan fingerprint density at radius 3 is 1.31 bits per heavy atom. The van der Waals surface area contributed by atoms with Crippen LogP contribution in [0.15, 0.2) is 195 Å². The molecule has 3 atom stereocenters. The highest BCUT2D eigenvalue weighted by atomic mass is 35.5. The standard InChI is InChI=1S/C28H28N6O2.C27H25ClN6O2.C27H26N6O3/c1-18(35)28(36)33-13-10-19(11-14-33)15-25-22-9-12-29-26(22)34-27(32-25)23(17-31-34)21-7-8-24(30-16-21)20-5-3-2-4-6-20;1-16(35)27(36)33-11-9-18(10-12-33)24-23-21(28)15-30-26(23)34-25(32-24)20(14-31-34)19-7-8-22(29-13-19)17-5-3-2-4-6-17;1-17(34)27(35)32-13-10-20(11-14-32)36-26-21-9-12-28-24(21)33-25(31-26)22(16-30-33)19-7-8-23(29-15-19)18-5-3-2-4-6-18/h2-9,12,16-19,29,35H,10-11,13-15H2,1H3;2-8,13-16,18,30,35H,9-12H2,1H3;2-9,12,15-17,20,28,34H,10-11,13-14H2,1H3/t18-;16-;17-/m111/s1. The zero-order chi connectivity index (χ0) is 74.1. The van der Waals surface area contributed by atoms with Crippen molar-refractivity contribution in [3.63, 3.8) is 0 Å². The molecule has 0 radical (unpaired) electrons. The number of ether oxygens (including phenoxy) is 1. The number of carbonyl (C=O) groups is 3. The van der Waals surface area contributed by atoms with Crippen molar-refractivity contribution >= 4 is 79.4 Å². The van der Waals surface area contributed by atoms with E-state index in [1.807, 2.05) is 163 Å². The maximum atomic E-state index is 12.2. The van der Waals surface area contributed by atoms with E-state index in [0.717, 1.165) is 155 Å². The van der Waals surface area contributed by atoms with Crippen molar-refractivity contribution < 1.29 is 34.4 Å². The number of fused-ring (bicyclic) bond motifs is 9. The van der Waals surface area contributed by atoms with Crippen LogP contribution in [0.5, 0.6) is 5.88 Å². The SMILES string of the molecule is C[C@@H](O)C(=O)N1CCC(Cc2nc3c(-c4ccc(-c5ccccc5)nc4)cnn3c3[nH]ccc23)CC1.C[C@@H](O)C(=O)N1CCC(Oc2nc3c(-c4ccc(-c5ccccc5)nc4)cnn3c3[nH]ccc23)CC1.C[C@@H](O)C(=O)N1CCC(c2nc3c(-c4ccc(-c5ccccc5)nc4)cnn3c3[nH]cc(Cl)c23)CC1. The minimum absolute atomic E-state index is 0.0747. The van der Waals surface area contributed by atoms with E-state index in [1.165, 1.54) is 20.8 Å². The van der Waals surface area contributed by atoms with Gasteiger partial charge in [-0.25, -0.2) is 9.97 Å². The molecule has 25 nitrogen and oxygen atoms in total. The Hall–Kier alpha value is -12.0. The number of benzene rings is 3. The van der Waals surface area contributed by atoms with Gasteiger partial charge < -0.3 is 49.7 Å². The third kappa shape index (κ3) is 14.1. The number of likely N-dealkylation sites (tertiary alicyclic amines) is 3. The summed E-state index contributed by atoms with van der Waals surface area (Å²) in [6, 6.07) is 46.4. The van der Waals surface area contributed by atoms with Gasteiger partial charge in [-0.05, 0) is 89.1 Å². The Kier molecular flexibility index (Phi) is 19.8. The molecular weight excluding hydrogens is 1380 g/mol. The van der Waals surface area contributed by atoms with Gasteiger partial charge >= 0.3 is 0 Å². The predicted octanol–water partition coefficient (Wildman–Crippen LogP) is 12.5. The largest absolute Gasteiger partial charge is 0.474 e. The number of rotatable bonds is 14. The van der Waals surface area contributed by atoms with Crippen LogP contribution in [0.3, 0.4) is 0 Å². The minimum Gasteiger partial charge on any atom is -0.474 e. The van der Waals surface area contributed by atoms with E-state index >= 15 is 0 Å². The maximum absolute atomic E-state index is 12.2. The third-order valence-electron chi connectivity index (χ3n) is 20.7. The van der Waals surface area contributed by atoms with E-state index in [9.17, 15) is 29.7 Å². The Morgan fingerprint density at radius 1 is 0.463 bits per heavy atom. The van der Waals surface area contributed by atoms with E-state index in [-0.39, 0.29) is 29.7 Å². The molecule has 6 N–H and O–H groups in total. The van der Waals surface area contributed by atoms with Gasteiger partial charge in [-0.3, -0.25) is 29.3 Å². The molecule has 108 heavy (non-hydrogen) atoms. The van der Waals surface area contributed by atoms with Gasteiger partial charge in [0, 0.05) is 151 Å². The van der Waals surface area contributed by atoms with Crippen LogP contribution >= 0.6 is 11.6 Å². The zero-order valence-electron chi connectivity index (χ0n) is 59.7. The normalized spacial score (nSPS) is 15.5. The van der Waals surface area contributed by atoms with E-state index in [1.54, 1.807) is 36.1 Å². The molecule has 15 aromatic rings. The summed E-state index contributed by atoms with van der Waals surface area (Å²) in [5, 5.41) is 46.1. The van der Waals surface area contributed by atoms with Crippen LogP contribution < -0.4 is 4.74 Å². The highest BCUT2D eigenvalue weighted by Crippen LogP contribution is 2.39. The van der Waals surface area contributed by atoms with Crippen LogP contribution in [0.1, 0.15) is 76.6 Å². The van der Waals surface area contributed by atoms with E-state index < -0.39 is 18.3 Å². The molecule has 0 spiro atoms. The molecule has 26 heteroatoms. The Bertz CT molecular complexity index is 5460. The lowest BCUT2D eigenvalue weighted by atomic mass is 9.91. The summed E-state index contributed by atoms with van der Waals surface area (Å²) in [5.74, 6) is 0.439. The number of amides is 3. The van der Waals surface area contributed by atoms with Crippen LogP contribution in [0.2, 0.25) is 5.02 Å². The summed E-state index contributed by atoms with van der Waals surface area (Å²) in [5.41, 5.74) is 18.1. The van der Waals surface area contributed by atoms with Gasteiger partial charge in [0.1, 0.15) is 41.4 Å². The average Bonchev–Trinajstić information content (AvgIpc) is 1.58. The van der Waals surface area contributed by atoms with Crippen molar-refractivity contribution in [3.8, 4) is 73.0 Å². The van der Waals surface area contributed by atoms with Crippen LogP contribution in [0, 0.1) is 5.92 Å². The lowest BCUT2D eigenvalue weighted by molar-refractivity contribution is -0.141. The summed E-state index contributed by atoms with van der Waals surface area (Å²) >= 11 is 6.60. The predicted molar refractivity (Wildman–Crippen MR) is 412 cm³/mol. The van der Waals surface area contributed by atoms with Gasteiger partial charge in [0.25, 0.3) is 17.7 Å². The number of aromatic amines is 3. The average molecular weight is 1460 g/mol. The fraction of sp³-hybridized carbons (Fsp3) is 0.268. The quantitative estimate of drug-likeness (QED) is 0.0589. The maximum Gasteiger partial charge on any atom is 0.251 e. The molecule has 3 aliphatic heterocycles. The van der Waals surface area contributed by atoms with Crippen LogP contribution in [0.4, 0.5) is 0 Å². The van der Waals surface area contributed by atoms with E-state index in [4.69, 9.17) is 36.3 Å². The molecular formula is C82H79ClN18O7. The first-order valence-electron chi connectivity index (χ1n) is 36.5. The number of aliphatic hydroxyl groups is 3. The molecule has 3 aliphatic rings. The second kappa shape index (κ2) is 30.4. The van der Waals surface area contributed by atoms with Crippen molar-refractivity contribution in [1.82, 2.24) is 88.4 Å². The molecule has 3 amide bonds. The number of aromatic nitrogens is 15. The lowest BCUT2D eigenvalue weighted by Gasteiger charge is -2.32. The molecule has 546 valence electrons. The van der Waals surface area contributed by atoms with Crippen molar-refractivity contribution in [1.29, 1.82) is 0 Å². The molecule has 15 heterocycles. The lowest BCUT2D eigenvalue weighted by Crippen LogP contribution is -2.45. The van der Waals surface area contributed by atoms with Crippen LogP contribution in [-0.4, -0.2) is 185 Å². The summed E-state index contributed by atoms with van der Waals surface area (Å²) < 4.78 is 11.8. The topological polar surface area (TPSA) is 307 Å². The Balaban J connectivity index is 0.000000124. The highest BCUT2D eigenvalue weighted by Gasteiger charge is 2.32. The molecule has 12 aromatic heterocycles. The molecule has 0 aliphatic carbocycles. The summed E-state index contributed by atoms with van der Waals surface area (Å²) in [6.45, 7) is 8.12. The number of hydrogen-bond donors (Lipinski definition) is 6. The molecule has 18 rings (SSSR count). The third-order valence-corrected chi connectivity index (χ3v) is 21.0. The Morgan fingerprint density at radius 2 is 0.870 bits per heavy atom. The smallest absolute Gasteiger partial charge is 0.251 e. The van der Waals surface area contributed by atoms with Gasteiger partial charge in [0.2, 0.25) is 5.88 Å². The van der Waals surface area contributed by atoms with Gasteiger partial charge in [0.15, 0.2) is 16.9 Å². The molecule has 3 fully saturated rings. The molecule has 0 unspecified atom stereocenters. The number of nitrogens with zero attached hydrogens (tertiary/aromatic N) is 15. The fourth-order valence-corrected chi connectivity index (χ4v) is 15.2. The summed E-state index contributed by atoms with van der Waals surface area (Å²) in [4.78, 5) is 80.6. The van der Waals surface area contributed by atoms with Crippen LogP contribution in [0.25, 0.3) is 117 Å². The first-order valence-corrected chi connectivity index (χ1v) is 36.9. The van der Waals surface area contributed by atoms with Crippen LogP contribution in [-0.2, 0) is 20.8 Å². The van der Waals surface area contributed by atoms with Crippen molar-refractivity contribution in [3.05, 3.63) is 212 Å². The Labute approximate surface area is 624 Å². The minimum atomic E-state index is -0.988. The van der Waals surface area contributed by atoms with Gasteiger partial charge in [-0.15, -0.1) is 0 Å². The molecule has 0 bridgehead atoms. The highest BCUT2D eigenvalue weighted by molar-refractivity contribution is 6.35. The number of pyridine rings is 3. The van der Waals surface area contributed by atoms with Gasteiger partial charge in [0.05, 0.1) is 62.9 Å². The number of hydrogen-bond acceptors (Lipinski definition) is 16. The molecule has 0 saturated carbocycles. The monoisotopic (exact) mass is 1460 g/mol. The first-order chi connectivity index (χ1) is 52.7. The first kappa shape index (κ1) is 70.3. The number of nitrogens with one attached hydrogen (secondary N) is 3. The van der Waals surface area contributed by atoms with Crippen molar-refractivity contribution in [2.24, 2.45) is 5.92 Å². The van der Waals surface area contributed by atoms with E-state index in [2.05, 4.69) is 64.5 Å². The van der Waals surface area contributed by atoms with Crippen molar-refractivity contribution in [2.45, 2.75) is 96.1 Å². The fourth-order valence-electron chi connectivity index (χ4n) is 14.9. The molecule has 3 saturated heterocycles. The second-order valence-corrected chi connectivity index (χ2v) is 28.2. The van der Waals surface area contributed by atoms with E-state index in [0.29, 0.717) is 74.6 Å². The summed E-state index contributed by atoms with van der Waals surface area (Å²) in [6.07, 6.45) is 19.1. The summed E-state index contributed by atoms with van der Waals surface area (Å²) in [7, 11) is 0. The van der Waals surface area contributed by atoms with Gasteiger partial charge in [-0.1, -0.05) is 121 Å². The number of H-pyrrole nitrogens is 3. The number of carbonyl (C=O) groups excluding carboxylic acids is 3. The second-order valence-electron chi connectivity index (χ2n) is 27.8. The number of aliphatic hydroxyl groups excluding tert-OH is 3.